The molecule has 0 radical (unpaired) electrons. The molecule has 7 rings (SSSR count). The van der Waals surface area contributed by atoms with E-state index in [0.717, 1.165) is 45.9 Å². The summed E-state index contributed by atoms with van der Waals surface area (Å²) in [7, 11) is 0. The zero-order valence-electron chi connectivity index (χ0n) is 28.1. The highest BCUT2D eigenvalue weighted by atomic mass is 35.5. The average Bonchev–Trinajstić information content (AvgIpc) is 3.72. The van der Waals surface area contributed by atoms with Crippen LogP contribution in [0.25, 0.3) is 45.0 Å². The molecule has 3 N–H and O–H groups in total. The summed E-state index contributed by atoms with van der Waals surface area (Å²) in [5.41, 5.74) is 16.9. The second-order valence-corrected chi connectivity index (χ2v) is 13.3. The van der Waals surface area contributed by atoms with E-state index < -0.39 is 0 Å². The molecule has 7 nitrogen and oxygen atoms in total. The van der Waals surface area contributed by atoms with Gasteiger partial charge in [-0.05, 0) is 76.7 Å². The number of imidazole rings is 1. The number of aromatic nitrogens is 2. The second kappa shape index (κ2) is 16.1. The predicted molar refractivity (Wildman–Crippen MR) is 205 cm³/mol. The Kier molecular flexibility index (Phi) is 10.9. The molecule has 1 amide bonds. The van der Waals surface area contributed by atoms with Crippen LogP contribution in [0.15, 0.2) is 115 Å². The summed E-state index contributed by atoms with van der Waals surface area (Å²) in [5, 5.41) is 4.25. The number of nitrogens with one attached hydrogen (secondary N) is 1. The first-order valence-electron chi connectivity index (χ1n) is 17.0. The van der Waals surface area contributed by atoms with Gasteiger partial charge in [0.2, 0.25) is 0 Å². The first kappa shape index (κ1) is 34.7. The van der Waals surface area contributed by atoms with Crippen LogP contribution in [0.1, 0.15) is 27.0 Å². The normalized spacial score (nSPS) is 11.7. The highest BCUT2D eigenvalue weighted by Crippen LogP contribution is 2.42. The van der Waals surface area contributed by atoms with Crippen molar-refractivity contribution in [1.82, 2.24) is 14.9 Å². The Hall–Kier alpha value is -4.76. The van der Waals surface area contributed by atoms with Crippen LogP contribution in [0.4, 0.5) is 0 Å². The molecular formula is C42H38Cl2N4O3. The van der Waals surface area contributed by atoms with E-state index in [9.17, 15) is 4.79 Å². The van der Waals surface area contributed by atoms with Crippen LogP contribution < -0.4 is 11.1 Å². The molecule has 0 atom stereocenters. The number of benzene rings is 5. The Morgan fingerprint density at radius 1 is 0.725 bits per heavy atom. The van der Waals surface area contributed by atoms with E-state index in [1.54, 1.807) is 0 Å². The molecule has 258 valence electrons. The first-order valence-corrected chi connectivity index (χ1v) is 17.8. The Labute approximate surface area is 308 Å². The summed E-state index contributed by atoms with van der Waals surface area (Å²) in [4.78, 5) is 18.3. The molecule has 0 aliphatic heterocycles. The number of amides is 1. The number of carbonyl (C=O) groups excluding carboxylic acids is 1. The maximum Gasteiger partial charge on any atom is 0.251 e. The number of carbonyl (C=O) groups is 1. The lowest BCUT2D eigenvalue weighted by atomic mass is 10.0. The molecule has 1 aliphatic carbocycles. The average molecular weight is 718 g/mol. The Bertz CT molecular complexity index is 2130. The summed E-state index contributed by atoms with van der Waals surface area (Å²) in [6, 6.07) is 38.6. The van der Waals surface area contributed by atoms with Gasteiger partial charge in [-0.25, -0.2) is 4.98 Å². The summed E-state index contributed by atoms with van der Waals surface area (Å²) < 4.78 is 13.1. The van der Waals surface area contributed by atoms with Crippen LogP contribution in [-0.2, 0) is 22.4 Å². The van der Waals surface area contributed by atoms with Gasteiger partial charge < -0.3 is 25.1 Å². The molecule has 0 fully saturated rings. The smallest absolute Gasteiger partial charge is 0.251 e. The van der Waals surface area contributed by atoms with Gasteiger partial charge in [0.15, 0.2) is 0 Å². The number of rotatable bonds is 14. The van der Waals surface area contributed by atoms with Crippen molar-refractivity contribution in [3.63, 3.8) is 0 Å². The van der Waals surface area contributed by atoms with Gasteiger partial charge in [0.25, 0.3) is 5.91 Å². The third-order valence-electron chi connectivity index (χ3n) is 8.98. The molecule has 0 unspecified atom stereocenters. The zero-order valence-corrected chi connectivity index (χ0v) is 29.6. The third kappa shape index (κ3) is 7.94. The molecule has 0 saturated carbocycles. The maximum absolute atomic E-state index is 12.9. The minimum absolute atomic E-state index is 0.154. The number of halogens is 2. The van der Waals surface area contributed by atoms with Gasteiger partial charge in [0.05, 0.1) is 37.8 Å². The largest absolute Gasteiger partial charge is 0.378 e. The number of hydrogen-bond donors (Lipinski definition) is 2. The minimum Gasteiger partial charge on any atom is -0.378 e. The molecule has 1 heterocycles. The van der Waals surface area contributed by atoms with Crippen molar-refractivity contribution in [2.24, 2.45) is 5.73 Å². The monoisotopic (exact) mass is 716 g/mol. The van der Waals surface area contributed by atoms with Gasteiger partial charge in [-0.3, -0.25) is 4.79 Å². The molecule has 6 aromatic rings. The predicted octanol–water partition coefficient (Wildman–Crippen LogP) is 8.53. The second-order valence-electron chi connectivity index (χ2n) is 12.4. The van der Waals surface area contributed by atoms with Gasteiger partial charge in [0.1, 0.15) is 5.82 Å². The van der Waals surface area contributed by atoms with Crippen molar-refractivity contribution in [2.75, 3.05) is 39.5 Å². The van der Waals surface area contributed by atoms with Crippen LogP contribution in [0.2, 0.25) is 10.0 Å². The van der Waals surface area contributed by atoms with Crippen LogP contribution in [0, 0.1) is 0 Å². The Morgan fingerprint density at radius 2 is 1.37 bits per heavy atom. The highest BCUT2D eigenvalue weighted by Gasteiger charge is 2.24. The SMILES string of the molecule is NCCOCCOCCNC(=O)c1ccc(Cn2c(-c3ccc4c(c3)-c3ccccc3C4)nc(-c3ccc(Cl)cc3)c2-c2ccc(Cl)cc2)cc1. The molecule has 51 heavy (non-hydrogen) atoms. The van der Waals surface area contributed by atoms with Gasteiger partial charge in [-0.2, -0.15) is 0 Å². The van der Waals surface area contributed by atoms with Crippen molar-refractivity contribution in [2.45, 2.75) is 13.0 Å². The molecule has 1 aliphatic rings. The highest BCUT2D eigenvalue weighted by molar-refractivity contribution is 6.31. The van der Waals surface area contributed by atoms with Crippen LogP contribution in [0.5, 0.6) is 0 Å². The van der Waals surface area contributed by atoms with Crippen molar-refractivity contribution in [1.29, 1.82) is 0 Å². The quantitative estimate of drug-likeness (QED) is 0.110. The van der Waals surface area contributed by atoms with Crippen molar-refractivity contribution in [3.05, 3.63) is 148 Å². The molecular weight excluding hydrogens is 679 g/mol. The van der Waals surface area contributed by atoms with E-state index in [0.29, 0.717) is 61.7 Å². The molecule has 0 spiro atoms. The molecule has 5 aromatic carbocycles. The van der Waals surface area contributed by atoms with Crippen LogP contribution in [-0.4, -0.2) is 55.0 Å². The van der Waals surface area contributed by atoms with E-state index in [2.05, 4.69) is 52.3 Å². The fourth-order valence-electron chi connectivity index (χ4n) is 6.49. The lowest BCUT2D eigenvalue weighted by Crippen LogP contribution is -2.27. The summed E-state index contributed by atoms with van der Waals surface area (Å²) in [6.07, 6.45) is 0.920. The molecule has 0 bridgehead atoms. The standard InChI is InChI=1S/C42H38Cl2N4O3/c43-35-15-11-29(12-16-35)39-40(30-13-17-36(44)18-14-30)48(41(47-39)34-10-9-33-25-32-3-1-2-4-37(32)38(33)26-34)27-28-5-7-31(8-6-28)42(49)46-20-22-51-24-23-50-21-19-45/h1-18,26H,19-25,27,45H2,(H,46,49). The van der Waals surface area contributed by atoms with Crippen molar-refractivity contribution in [3.8, 4) is 45.0 Å². The van der Waals surface area contributed by atoms with Gasteiger partial charge >= 0.3 is 0 Å². The summed E-state index contributed by atoms with van der Waals surface area (Å²) >= 11 is 12.7. The molecule has 0 saturated heterocycles. The van der Waals surface area contributed by atoms with E-state index in [1.165, 1.54) is 22.3 Å². The van der Waals surface area contributed by atoms with Crippen LogP contribution in [0.3, 0.4) is 0 Å². The number of hydrogen-bond acceptors (Lipinski definition) is 5. The lowest BCUT2D eigenvalue weighted by molar-refractivity contribution is 0.0511. The Balaban J connectivity index is 1.23. The first-order chi connectivity index (χ1) is 25.0. The summed E-state index contributed by atoms with van der Waals surface area (Å²) in [5.74, 6) is 0.686. The third-order valence-corrected chi connectivity index (χ3v) is 9.49. The van der Waals surface area contributed by atoms with E-state index >= 15 is 0 Å². The van der Waals surface area contributed by atoms with E-state index in [1.807, 2.05) is 72.8 Å². The number of nitrogens with two attached hydrogens (primary N) is 1. The van der Waals surface area contributed by atoms with Gasteiger partial charge in [-0.1, -0.05) is 96.0 Å². The topological polar surface area (TPSA) is 91.4 Å². The fraction of sp³-hybridized carbons (Fsp3) is 0.190. The van der Waals surface area contributed by atoms with Crippen molar-refractivity contribution >= 4 is 29.1 Å². The lowest BCUT2D eigenvalue weighted by Gasteiger charge is -2.15. The maximum atomic E-state index is 12.9. The fourth-order valence-corrected chi connectivity index (χ4v) is 6.74. The van der Waals surface area contributed by atoms with Gasteiger partial charge in [0, 0.05) is 51.9 Å². The van der Waals surface area contributed by atoms with Gasteiger partial charge in [-0.15, -0.1) is 0 Å². The van der Waals surface area contributed by atoms with E-state index in [-0.39, 0.29) is 5.91 Å². The zero-order chi connectivity index (χ0) is 35.2. The molecule has 9 heteroatoms. The van der Waals surface area contributed by atoms with Crippen LogP contribution >= 0.6 is 23.2 Å². The molecule has 1 aromatic heterocycles. The number of fused-ring (bicyclic) bond motifs is 3. The number of nitrogens with zero attached hydrogens (tertiary/aromatic N) is 2. The number of ether oxygens (including phenoxy) is 2. The Morgan fingerprint density at radius 3 is 2.10 bits per heavy atom. The minimum atomic E-state index is -0.154. The van der Waals surface area contributed by atoms with E-state index in [4.69, 9.17) is 43.4 Å². The van der Waals surface area contributed by atoms with Crippen molar-refractivity contribution < 1.29 is 14.3 Å². The summed E-state index contributed by atoms with van der Waals surface area (Å²) in [6.45, 7) is 3.24.